The number of amides is 5. The van der Waals surface area contributed by atoms with Gasteiger partial charge in [-0.05, 0) is 105 Å². The Kier molecular flexibility index (Phi) is 8.74. The number of nitrogens with zero attached hydrogens (tertiary/aromatic N) is 5. The number of benzene rings is 3. The Hall–Kier alpha value is -5.25. The molecule has 0 aromatic heterocycles. The monoisotopic (exact) mass is 734 g/mol. The lowest BCUT2D eigenvalue weighted by Gasteiger charge is -2.55. The molecule has 0 bridgehead atoms. The zero-order valence-corrected chi connectivity index (χ0v) is 30.3. The molecule has 1 unspecified atom stereocenters. The second-order valence-electron chi connectivity index (χ2n) is 15.2. The number of hydrogen-bond acceptors (Lipinski definition) is 9. The molecule has 3 fully saturated rings. The Morgan fingerprint density at radius 3 is 2.19 bits per heavy atom. The summed E-state index contributed by atoms with van der Waals surface area (Å²) in [6.07, 6.45) is 1.91. The second kappa shape index (κ2) is 13.3. The predicted octanol–water partition coefficient (Wildman–Crippen LogP) is 4.53. The van der Waals surface area contributed by atoms with E-state index in [-0.39, 0.29) is 30.4 Å². The van der Waals surface area contributed by atoms with Gasteiger partial charge in [-0.25, -0.2) is 0 Å². The van der Waals surface area contributed by atoms with Crippen LogP contribution < -0.4 is 15.0 Å². The molecule has 12 nitrogen and oxygen atoms in total. The Balaban J connectivity index is 0.815. The maximum Gasteiger partial charge on any atom is 0.262 e. The number of carbonyl (C=O) groups excluding carboxylic acids is 5. The van der Waals surface area contributed by atoms with Gasteiger partial charge in [0.1, 0.15) is 24.0 Å². The first-order valence-corrected chi connectivity index (χ1v) is 18.4. The fourth-order valence-electron chi connectivity index (χ4n) is 8.34. The summed E-state index contributed by atoms with van der Waals surface area (Å²) in [5.74, 6) is -0.860. The first kappa shape index (κ1) is 34.8. The summed E-state index contributed by atoms with van der Waals surface area (Å²) in [6, 6.07) is 17.5. The number of piperidine rings is 2. The van der Waals surface area contributed by atoms with Crippen LogP contribution in [0.2, 0.25) is 5.02 Å². The van der Waals surface area contributed by atoms with Gasteiger partial charge < -0.3 is 14.5 Å². The maximum atomic E-state index is 13.4. The van der Waals surface area contributed by atoms with E-state index in [0.717, 1.165) is 41.1 Å². The molecule has 5 heterocycles. The van der Waals surface area contributed by atoms with E-state index in [1.165, 1.54) is 0 Å². The smallest absolute Gasteiger partial charge is 0.262 e. The third kappa shape index (κ3) is 6.21. The maximum absolute atomic E-state index is 13.4. The van der Waals surface area contributed by atoms with E-state index in [4.69, 9.17) is 16.3 Å². The Bertz CT molecular complexity index is 2060. The minimum absolute atomic E-state index is 0.00613. The lowest BCUT2D eigenvalue weighted by Crippen LogP contribution is -2.70. The minimum atomic E-state index is -0.974. The van der Waals surface area contributed by atoms with Crippen molar-refractivity contribution in [3.05, 3.63) is 93.0 Å². The lowest BCUT2D eigenvalue weighted by atomic mass is 9.84. The first-order chi connectivity index (χ1) is 25.4. The third-order valence-electron chi connectivity index (χ3n) is 11.6. The van der Waals surface area contributed by atoms with Crippen LogP contribution in [0.1, 0.15) is 87.3 Å². The van der Waals surface area contributed by atoms with Crippen LogP contribution in [0.5, 0.6) is 5.75 Å². The molecule has 272 valence electrons. The summed E-state index contributed by atoms with van der Waals surface area (Å²) in [7, 11) is 0. The molecule has 3 aromatic rings. The van der Waals surface area contributed by atoms with Gasteiger partial charge in [-0.1, -0.05) is 11.6 Å². The van der Waals surface area contributed by atoms with Crippen LogP contribution in [0.3, 0.4) is 0 Å². The standard InChI is InChI=1S/C40H39ClN6O6/c1-40(2)34(22-46(40)28-6-3-25(18-42)32(41)17-28)53-29-7-4-24(5-8-29)37(50)45-13-11-23(12-14-45)19-44-20-26-15-30-31(16-27(26)21-44)39(52)47(38(30)51)33-9-10-35(48)43-36(33)49/h3-8,15-17,23,33-34H,9-14,19-22H2,1-2H3,(H,43,48,49)/t33?,34-/m0/s1. The number of carbonyl (C=O) groups is 5. The average molecular weight is 735 g/mol. The van der Waals surface area contributed by atoms with Crippen LogP contribution >= 0.6 is 11.6 Å². The van der Waals surface area contributed by atoms with Crippen molar-refractivity contribution in [1.82, 2.24) is 20.0 Å². The summed E-state index contributed by atoms with van der Waals surface area (Å²) in [5.41, 5.74) is 4.35. The summed E-state index contributed by atoms with van der Waals surface area (Å²) in [4.78, 5) is 71.4. The van der Waals surface area contributed by atoms with Crippen molar-refractivity contribution in [1.29, 1.82) is 5.26 Å². The Morgan fingerprint density at radius 1 is 0.943 bits per heavy atom. The molecule has 8 rings (SSSR count). The highest BCUT2D eigenvalue weighted by molar-refractivity contribution is 6.32. The van der Waals surface area contributed by atoms with Crippen molar-refractivity contribution in [2.75, 3.05) is 31.1 Å². The molecule has 3 saturated heterocycles. The molecule has 53 heavy (non-hydrogen) atoms. The van der Waals surface area contributed by atoms with Crippen LogP contribution in [0.4, 0.5) is 5.69 Å². The average Bonchev–Trinajstić information content (AvgIpc) is 3.65. The van der Waals surface area contributed by atoms with Gasteiger partial charge in [0.2, 0.25) is 11.8 Å². The molecule has 1 N–H and O–H groups in total. The molecule has 13 heteroatoms. The van der Waals surface area contributed by atoms with Gasteiger partial charge >= 0.3 is 0 Å². The Labute approximate surface area is 312 Å². The molecule has 3 aromatic carbocycles. The first-order valence-electron chi connectivity index (χ1n) is 18.0. The van der Waals surface area contributed by atoms with Gasteiger partial charge in [0.05, 0.1) is 33.8 Å². The quantitative estimate of drug-likeness (QED) is 0.347. The molecule has 0 saturated carbocycles. The van der Waals surface area contributed by atoms with Crippen LogP contribution in [0, 0.1) is 17.2 Å². The number of anilines is 1. The third-order valence-corrected chi connectivity index (χ3v) is 11.9. The number of halogens is 1. The highest BCUT2D eigenvalue weighted by Gasteiger charge is 2.49. The Morgan fingerprint density at radius 2 is 1.60 bits per heavy atom. The largest absolute Gasteiger partial charge is 0.486 e. The lowest BCUT2D eigenvalue weighted by molar-refractivity contribution is -0.136. The van der Waals surface area contributed by atoms with Crippen molar-refractivity contribution < 1.29 is 28.7 Å². The van der Waals surface area contributed by atoms with Crippen LogP contribution in [0.25, 0.3) is 0 Å². The highest BCUT2D eigenvalue weighted by atomic mass is 35.5. The zero-order valence-electron chi connectivity index (χ0n) is 29.6. The van der Waals surface area contributed by atoms with Gasteiger partial charge in [-0.15, -0.1) is 0 Å². The van der Waals surface area contributed by atoms with Crippen LogP contribution in [-0.4, -0.2) is 88.1 Å². The molecule has 5 aliphatic rings. The van der Waals surface area contributed by atoms with E-state index in [1.54, 1.807) is 18.2 Å². The van der Waals surface area contributed by atoms with Crippen molar-refractivity contribution in [2.45, 2.75) is 70.3 Å². The molecule has 0 aliphatic carbocycles. The normalized spacial score (nSPS) is 22.6. The van der Waals surface area contributed by atoms with Gasteiger partial charge in [0, 0.05) is 50.4 Å². The van der Waals surface area contributed by atoms with E-state index in [9.17, 15) is 29.2 Å². The van der Waals surface area contributed by atoms with E-state index in [0.29, 0.717) is 71.7 Å². The molecule has 5 aliphatic heterocycles. The van der Waals surface area contributed by atoms with E-state index in [1.807, 2.05) is 41.3 Å². The number of rotatable bonds is 7. The van der Waals surface area contributed by atoms with Gasteiger partial charge in [-0.3, -0.25) is 39.1 Å². The fourth-order valence-corrected chi connectivity index (χ4v) is 8.56. The van der Waals surface area contributed by atoms with Gasteiger partial charge in [-0.2, -0.15) is 5.26 Å². The number of nitrogens with one attached hydrogen (secondary N) is 1. The van der Waals surface area contributed by atoms with E-state index < -0.39 is 29.7 Å². The molecule has 0 radical (unpaired) electrons. The number of nitriles is 1. The molecular weight excluding hydrogens is 696 g/mol. The molecular formula is C40H39ClN6O6. The number of likely N-dealkylation sites (tertiary alicyclic amines) is 1. The SMILES string of the molecule is CC1(C)[C@@H](Oc2ccc(C(=O)N3CCC(CN4Cc5cc6c(cc5C4)C(=O)N(C4CCC(=O)NC4=O)C6=O)CC3)cc2)CN1c1ccc(C#N)c(Cl)c1. The van der Waals surface area contributed by atoms with Crippen molar-refractivity contribution >= 4 is 46.8 Å². The predicted molar refractivity (Wildman–Crippen MR) is 194 cm³/mol. The van der Waals surface area contributed by atoms with Crippen molar-refractivity contribution in [3.8, 4) is 11.8 Å². The molecule has 2 atom stereocenters. The number of fused-ring (bicyclic) bond motifs is 2. The number of hydrogen-bond donors (Lipinski definition) is 1. The van der Waals surface area contributed by atoms with Crippen LogP contribution in [0.15, 0.2) is 54.6 Å². The summed E-state index contributed by atoms with van der Waals surface area (Å²) >= 11 is 6.27. The van der Waals surface area contributed by atoms with Crippen molar-refractivity contribution in [3.63, 3.8) is 0 Å². The minimum Gasteiger partial charge on any atom is -0.486 e. The van der Waals surface area contributed by atoms with Gasteiger partial charge in [0.25, 0.3) is 17.7 Å². The van der Waals surface area contributed by atoms with Crippen LogP contribution in [-0.2, 0) is 22.7 Å². The molecule has 5 amide bonds. The number of imide groups is 2. The summed E-state index contributed by atoms with van der Waals surface area (Å²) in [6.45, 7) is 8.39. The van der Waals surface area contributed by atoms with Crippen molar-refractivity contribution in [2.24, 2.45) is 5.92 Å². The van der Waals surface area contributed by atoms with Gasteiger partial charge in [0.15, 0.2) is 0 Å². The summed E-state index contributed by atoms with van der Waals surface area (Å²) in [5, 5.41) is 11.9. The van der Waals surface area contributed by atoms with E-state index >= 15 is 0 Å². The summed E-state index contributed by atoms with van der Waals surface area (Å²) < 4.78 is 6.33. The highest BCUT2D eigenvalue weighted by Crippen LogP contribution is 2.40. The zero-order chi connectivity index (χ0) is 37.2. The second-order valence-corrected chi connectivity index (χ2v) is 15.6. The number of ether oxygens (including phenoxy) is 1. The van der Waals surface area contributed by atoms with E-state index in [2.05, 4.69) is 35.0 Å². The molecule has 0 spiro atoms. The fraction of sp³-hybridized carbons (Fsp3) is 0.400. The topological polar surface area (TPSA) is 143 Å².